The van der Waals surface area contributed by atoms with Gasteiger partial charge in [0.1, 0.15) is 5.78 Å². The fraction of sp³-hybridized carbons (Fsp3) is 0.476. The number of hydrogen-bond donors (Lipinski definition) is 0. The lowest BCUT2D eigenvalue weighted by molar-refractivity contribution is -0.126. The first-order valence-corrected chi connectivity index (χ1v) is 10.1. The van der Waals surface area contributed by atoms with Crippen LogP contribution in [-0.2, 0) is 4.79 Å². The highest BCUT2D eigenvalue weighted by molar-refractivity contribution is 14.1. The summed E-state index contributed by atoms with van der Waals surface area (Å²) < 4.78 is 1.27. The highest BCUT2D eigenvalue weighted by Gasteiger charge is 2.48. The van der Waals surface area contributed by atoms with Gasteiger partial charge in [0.05, 0.1) is 0 Å². The molecule has 24 heavy (non-hydrogen) atoms. The van der Waals surface area contributed by atoms with E-state index < -0.39 is 0 Å². The smallest absolute Gasteiger partial charge is 0.137 e. The molecule has 2 saturated heterocycles. The van der Waals surface area contributed by atoms with Crippen molar-refractivity contribution in [3.05, 3.63) is 45.5 Å². The molecule has 0 unspecified atom stereocenters. The lowest BCUT2D eigenvalue weighted by atomic mass is 9.73. The topological polar surface area (TPSA) is 20.3 Å². The van der Waals surface area contributed by atoms with Gasteiger partial charge in [-0.2, -0.15) is 0 Å². The SMILES string of the molecule is CCC(=O)[C@H]1[C@@H](c2ccc3cc(I)ccc3c2)C[C@@H]2CC[C@H]1N2C. The molecule has 2 aromatic rings. The van der Waals surface area contributed by atoms with Gasteiger partial charge in [-0.05, 0) is 83.3 Å². The van der Waals surface area contributed by atoms with E-state index in [-0.39, 0.29) is 5.92 Å². The minimum atomic E-state index is 0.167. The number of carbonyl (C=O) groups is 1. The molecule has 0 radical (unpaired) electrons. The number of nitrogens with zero attached hydrogens (tertiary/aromatic N) is 1. The highest BCUT2D eigenvalue weighted by Crippen LogP contribution is 2.47. The van der Waals surface area contributed by atoms with E-state index in [1.54, 1.807) is 0 Å². The Balaban J connectivity index is 1.76. The Labute approximate surface area is 157 Å². The number of hydrogen-bond acceptors (Lipinski definition) is 2. The molecule has 0 spiro atoms. The predicted molar refractivity (Wildman–Crippen MR) is 107 cm³/mol. The Kier molecular flexibility index (Phi) is 4.42. The third-order valence-electron chi connectivity index (χ3n) is 6.24. The van der Waals surface area contributed by atoms with Crippen molar-refractivity contribution in [2.75, 3.05) is 7.05 Å². The van der Waals surface area contributed by atoms with Gasteiger partial charge in [0, 0.05) is 28.0 Å². The van der Waals surface area contributed by atoms with Crippen molar-refractivity contribution in [2.24, 2.45) is 5.92 Å². The maximum absolute atomic E-state index is 12.8. The van der Waals surface area contributed by atoms with Crippen LogP contribution in [0.1, 0.15) is 44.1 Å². The van der Waals surface area contributed by atoms with Gasteiger partial charge in [-0.15, -0.1) is 0 Å². The number of ketones is 1. The van der Waals surface area contributed by atoms with Crippen molar-refractivity contribution in [2.45, 2.75) is 50.6 Å². The summed E-state index contributed by atoms with van der Waals surface area (Å²) in [5.74, 6) is 0.995. The maximum atomic E-state index is 12.8. The van der Waals surface area contributed by atoms with Crippen LogP contribution in [0.15, 0.2) is 36.4 Å². The van der Waals surface area contributed by atoms with E-state index in [4.69, 9.17) is 0 Å². The maximum Gasteiger partial charge on any atom is 0.137 e. The normalized spacial score (nSPS) is 30.0. The van der Waals surface area contributed by atoms with Crippen molar-refractivity contribution in [1.29, 1.82) is 0 Å². The second kappa shape index (κ2) is 6.41. The minimum Gasteiger partial charge on any atom is -0.300 e. The van der Waals surface area contributed by atoms with Gasteiger partial charge >= 0.3 is 0 Å². The molecule has 0 saturated carbocycles. The van der Waals surface area contributed by atoms with Crippen LogP contribution in [0.25, 0.3) is 10.8 Å². The summed E-state index contributed by atoms with van der Waals surface area (Å²) >= 11 is 2.36. The quantitative estimate of drug-likeness (QED) is 0.636. The van der Waals surface area contributed by atoms with Crippen molar-refractivity contribution in [3.8, 4) is 0 Å². The van der Waals surface area contributed by atoms with Crippen LogP contribution in [0.5, 0.6) is 0 Å². The molecule has 0 N–H and O–H groups in total. The number of fused-ring (bicyclic) bond motifs is 3. The summed E-state index contributed by atoms with van der Waals surface area (Å²) in [5, 5.41) is 2.59. The van der Waals surface area contributed by atoms with Gasteiger partial charge in [-0.25, -0.2) is 0 Å². The Bertz CT molecular complexity index is 787. The molecule has 3 heteroatoms. The van der Waals surface area contributed by atoms with Gasteiger partial charge in [0.25, 0.3) is 0 Å². The van der Waals surface area contributed by atoms with E-state index >= 15 is 0 Å². The second-order valence-corrected chi connectivity index (χ2v) is 8.65. The third kappa shape index (κ3) is 2.70. The van der Waals surface area contributed by atoms with Crippen LogP contribution in [0.4, 0.5) is 0 Å². The van der Waals surface area contributed by atoms with Crippen LogP contribution in [0, 0.1) is 9.49 Å². The molecule has 2 heterocycles. The molecular formula is C21H24INO. The van der Waals surface area contributed by atoms with E-state index in [9.17, 15) is 4.79 Å². The number of halogens is 1. The fourth-order valence-corrected chi connectivity index (χ4v) is 5.47. The van der Waals surface area contributed by atoms with Crippen molar-refractivity contribution in [1.82, 2.24) is 4.90 Å². The van der Waals surface area contributed by atoms with E-state index in [0.29, 0.717) is 30.2 Å². The lowest BCUT2D eigenvalue weighted by Gasteiger charge is -2.42. The molecule has 2 aromatic carbocycles. The first kappa shape index (κ1) is 16.5. The number of rotatable bonds is 3. The molecule has 4 rings (SSSR count). The molecule has 2 nitrogen and oxygen atoms in total. The molecule has 2 fully saturated rings. The van der Waals surface area contributed by atoms with Crippen LogP contribution < -0.4 is 0 Å². The summed E-state index contributed by atoms with van der Waals surface area (Å²) in [5.41, 5.74) is 1.36. The van der Waals surface area contributed by atoms with Crippen molar-refractivity contribution < 1.29 is 4.79 Å². The monoisotopic (exact) mass is 433 g/mol. The van der Waals surface area contributed by atoms with Gasteiger partial charge in [0.2, 0.25) is 0 Å². The van der Waals surface area contributed by atoms with Crippen LogP contribution in [-0.4, -0.2) is 29.8 Å². The largest absolute Gasteiger partial charge is 0.300 e. The van der Waals surface area contributed by atoms with Crippen LogP contribution in [0.2, 0.25) is 0 Å². The van der Waals surface area contributed by atoms with E-state index in [2.05, 4.69) is 70.9 Å². The third-order valence-corrected chi connectivity index (χ3v) is 6.91. The number of carbonyl (C=O) groups excluding carboxylic acids is 1. The Hall–Kier alpha value is -0.940. The Morgan fingerprint density at radius 1 is 1.17 bits per heavy atom. The molecule has 0 aliphatic carbocycles. The van der Waals surface area contributed by atoms with Crippen LogP contribution >= 0.6 is 22.6 Å². The summed E-state index contributed by atoms with van der Waals surface area (Å²) in [4.78, 5) is 15.2. The lowest BCUT2D eigenvalue weighted by Crippen LogP contribution is -2.48. The van der Waals surface area contributed by atoms with E-state index in [1.165, 1.54) is 32.7 Å². The molecule has 0 amide bonds. The summed E-state index contributed by atoms with van der Waals surface area (Å²) in [6.45, 7) is 2.02. The molecule has 2 bridgehead atoms. The van der Waals surface area contributed by atoms with E-state index in [0.717, 1.165) is 6.42 Å². The molecule has 2 aliphatic heterocycles. The fourth-order valence-electron chi connectivity index (χ4n) is 4.95. The number of Topliss-reactive ketones (excluding diaryl/α,β-unsaturated/α-hetero) is 1. The zero-order chi connectivity index (χ0) is 16.8. The van der Waals surface area contributed by atoms with Crippen LogP contribution in [0.3, 0.4) is 0 Å². The van der Waals surface area contributed by atoms with Crippen molar-refractivity contribution in [3.63, 3.8) is 0 Å². The molecule has 4 atom stereocenters. The average Bonchev–Trinajstić information content (AvgIpc) is 2.83. The molecule has 2 aliphatic rings. The molecular weight excluding hydrogens is 409 g/mol. The first-order valence-electron chi connectivity index (χ1n) is 9.02. The summed E-state index contributed by atoms with van der Waals surface area (Å²) in [6.07, 6.45) is 4.21. The van der Waals surface area contributed by atoms with Gasteiger partial charge in [0.15, 0.2) is 0 Å². The number of piperidine rings is 1. The van der Waals surface area contributed by atoms with Gasteiger partial charge < -0.3 is 0 Å². The Morgan fingerprint density at radius 2 is 1.92 bits per heavy atom. The van der Waals surface area contributed by atoms with E-state index in [1.807, 2.05) is 6.92 Å². The van der Waals surface area contributed by atoms with Gasteiger partial charge in [-0.1, -0.05) is 31.2 Å². The second-order valence-electron chi connectivity index (χ2n) is 7.40. The van der Waals surface area contributed by atoms with Gasteiger partial charge in [-0.3, -0.25) is 9.69 Å². The first-order chi connectivity index (χ1) is 11.6. The van der Waals surface area contributed by atoms with Crippen molar-refractivity contribution >= 4 is 39.1 Å². The average molecular weight is 433 g/mol. The number of benzene rings is 2. The zero-order valence-corrected chi connectivity index (χ0v) is 16.5. The molecule has 0 aromatic heterocycles. The summed E-state index contributed by atoms with van der Waals surface area (Å²) in [6, 6.07) is 14.5. The molecule has 126 valence electrons. The summed E-state index contributed by atoms with van der Waals surface area (Å²) in [7, 11) is 2.22. The minimum absolute atomic E-state index is 0.167. The predicted octanol–water partition coefficient (Wildman–Crippen LogP) is 4.99. The highest BCUT2D eigenvalue weighted by atomic mass is 127. The Morgan fingerprint density at radius 3 is 2.71 bits per heavy atom. The zero-order valence-electron chi connectivity index (χ0n) is 14.3. The standard InChI is InChI=1S/C21H24INO/c1-3-20(24)21-18(12-17-8-9-19(21)23(17)2)15-5-4-14-11-16(22)7-6-13(14)10-15/h4-7,10-11,17-19,21H,3,8-9,12H2,1-2H3/t17-,18+,19+,21-/m0/s1.